The molecule has 0 unspecified atom stereocenters. The van der Waals surface area contributed by atoms with Gasteiger partial charge in [-0.15, -0.1) is 0 Å². The minimum absolute atomic E-state index is 0.0820. The first-order valence-electron chi connectivity index (χ1n) is 11.4. The Balaban J connectivity index is 1.18. The minimum atomic E-state index is -0.0820. The predicted molar refractivity (Wildman–Crippen MR) is 131 cm³/mol. The normalized spacial score (nSPS) is 20.3. The maximum absolute atomic E-state index is 12.6. The van der Waals surface area contributed by atoms with Gasteiger partial charge in [0.15, 0.2) is 0 Å². The topological polar surface area (TPSA) is 51.7 Å². The number of carbonyl (C=O) groups excluding carboxylic acids is 1. The molecule has 0 aliphatic carbocycles. The number of nitrogens with zero attached hydrogens (tertiary/aromatic N) is 4. The highest BCUT2D eigenvalue weighted by atomic mass is 35.5. The van der Waals surface area contributed by atoms with Crippen LogP contribution in [0.5, 0.6) is 0 Å². The Hall–Kier alpha value is -1.86. The molecule has 1 aromatic carbocycles. The van der Waals surface area contributed by atoms with Crippen molar-refractivity contribution in [1.29, 1.82) is 0 Å². The Morgan fingerprint density at radius 1 is 1.03 bits per heavy atom. The van der Waals surface area contributed by atoms with Gasteiger partial charge in [-0.3, -0.25) is 9.88 Å². The molecular weight excluding hydrogens is 445 g/mol. The molecule has 0 spiro atoms. The van der Waals surface area contributed by atoms with E-state index < -0.39 is 0 Å². The van der Waals surface area contributed by atoms with Gasteiger partial charge in [-0.1, -0.05) is 29.3 Å². The van der Waals surface area contributed by atoms with Crippen LogP contribution in [0.1, 0.15) is 18.5 Å². The van der Waals surface area contributed by atoms with Crippen LogP contribution in [-0.4, -0.2) is 78.1 Å². The van der Waals surface area contributed by atoms with E-state index in [-0.39, 0.29) is 6.03 Å². The quantitative estimate of drug-likeness (QED) is 0.668. The fourth-order valence-corrected chi connectivity index (χ4v) is 4.90. The van der Waals surface area contributed by atoms with Crippen LogP contribution in [0.25, 0.3) is 0 Å². The highest BCUT2D eigenvalue weighted by Crippen LogP contribution is 2.25. The molecule has 8 heteroatoms. The number of pyridine rings is 1. The van der Waals surface area contributed by atoms with Crippen molar-refractivity contribution in [3.05, 3.63) is 58.3 Å². The van der Waals surface area contributed by atoms with Gasteiger partial charge >= 0.3 is 6.03 Å². The SMILES string of the molecule is O=C(Nc1ccc(Cl)c(Cl)c1)N1CCN(C[C@@H]2CCCN(CCc3ccccn3)C2)CC1. The van der Waals surface area contributed by atoms with E-state index in [1.165, 1.54) is 25.1 Å². The van der Waals surface area contributed by atoms with E-state index in [2.05, 4.69) is 32.2 Å². The highest BCUT2D eigenvalue weighted by molar-refractivity contribution is 6.42. The van der Waals surface area contributed by atoms with Gasteiger partial charge in [0.05, 0.1) is 10.0 Å². The average molecular weight is 476 g/mol. The van der Waals surface area contributed by atoms with E-state index in [4.69, 9.17) is 23.2 Å². The third kappa shape index (κ3) is 6.58. The molecule has 0 bridgehead atoms. The highest BCUT2D eigenvalue weighted by Gasteiger charge is 2.26. The zero-order valence-corrected chi connectivity index (χ0v) is 19.9. The lowest BCUT2D eigenvalue weighted by atomic mass is 9.97. The molecule has 1 N–H and O–H groups in total. The van der Waals surface area contributed by atoms with Crippen molar-refractivity contribution in [3.8, 4) is 0 Å². The van der Waals surface area contributed by atoms with Crippen molar-refractivity contribution >= 4 is 34.9 Å². The van der Waals surface area contributed by atoms with E-state index in [0.29, 0.717) is 21.7 Å². The molecule has 2 aromatic rings. The summed E-state index contributed by atoms with van der Waals surface area (Å²) in [5.74, 6) is 0.698. The summed E-state index contributed by atoms with van der Waals surface area (Å²) in [7, 11) is 0. The predicted octanol–water partition coefficient (Wildman–Crippen LogP) is 4.49. The molecule has 1 atom stereocenters. The van der Waals surface area contributed by atoms with Crippen molar-refractivity contribution in [2.24, 2.45) is 5.92 Å². The number of piperidine rings is 1. The summed E-state index contributed by atoms with van der Waals surface area (Å²) in [6.45, 7) is 7.85. The molecule has 4 rings (SSSR count). The van der Waals surface area contributed by atoms with Crippen LogP contribution in [0.3, 0.4) is 0 Å². The number of likely N-dealkylation sites (tertiary alicyclic amines) is 1. The zero-order valence-electron chi connectivity index (χ0n) is 18.4. The number of anilines is 1. The molecule has 172 valence electrons. The van der Waals surface area contributed by atoms with Crippen LogP contribution < -0.4 is 5.32 Å². The van der Waals surface area contributed by atoms with Crippen molar-refractivity contribution < 1.29 is 4.79 Å². The minimum Gasteiger partial charge on any atom is -0.322 e. The summed E-state index contributed by atoms with van der Waals surface area (Å²) in [6.07, 6.45) is 5.44. The summed E-state index contributed by atoms with van der Waals surface area (Å²) in [4.78, 5) is 24.0. The molecule has 1 aromatic heterocycles. The summed E-state index contributed by atoms with van der Waals surface area (Å²) < 4.78 is 0. The van der Waals surface area contributed by atoms with Crippen LogP contribution in [0.4, 0.5) is 10.5 Å². The van der Waals surface area contributed by atoms with Gasteiger partial charge < -0.3 is 15.1 Å². The number of halogens is 2. The van der Waals surface area contributed by atoms with Crippen molar-refractivity contribution in [2.45, 2.75) is 19.3 Å². The second-order valence-electron chi connectivity index (χ2n) is 8.73. The van der Waals surface area contributed by atoms with E-state index >= 15 is 0 Å². The maximum Gasteiger partial charge on any atom is 0.321 e. The van der Waals surface area contributed by atoms with E-state index in [1.54, 1.807) is 18.2 Å². The number of urea groups is 1. The number of aromatic nitrogens is 1. The molecule has 0 saturated carbocycles. The number of hydrogen-bond donors (Lipinski definition) is 1. The van der Waals surface area contributed by atoms with Gasteiger partial charge in [-0.2, -0.15) is 0 Å². The number of carbonyl (C=O) groups is 1. The Morgan fingerprint density at radius 3 is 2.62 bits per heavy atom. The summed E-state index contributed by atoms with van der Waals surface area (Å²) in [5, 5.41) is 3.85. The standard InChI is InChI=1S/C24H31Cl2N5O/c25-22-7-6-21(16-23(22)26)28-24(32)31-14-12-30(13-15-31)18-19-4-3-10-29(17-19)11-8-20-5-1-2-9-27-20/h1-2,5-7,9,16,19H,3-4,8,10-15,17-18H2,(H,28,32)/t19-/m1/s1. The lowest BCUT2D eigenvalue weighted by molar-refractivity contribution is 0.101. The second kappa shape index (κ2) is 11.3. The number of hydrogen-bond acceptors (Lipinski definition) is 4. The van der Waals surface area contributed by atoms with Crippen LogP contribution in [0.2, 0.25) is 10.0 Å². The number of benzene rings is 1. The summed E-state index contributed by atoms with van der Waals surface area (Å²) in [5.41, 5.74) is 1.84. The molecule has 6 nitrogen and oxygen atoms in total. The molecule has 0 radical (unpaired) electrons. The molecule has 2 saturated heterocycles. The van der Waals surface area contributed by atoms with Gasteiger partial charge in [0.25, 0.3) is 0 Å². The lowest BCUT2D eigenvalue weighted by Gasteiger charge is -2.39. The van der Waals surface area contributed by atoms with Gasteiger partial charge in [0.1, 0.15) is 0 Å². The fraction of sp³-hybridized carbons (Fsp3) is 0.500. The van der Waals surface area contributed by atoms with Crippen molar-refractivity contribution in [3.63, 3.8) is 0 Å². The molecule has 2 aliphatic rings. The molecular formula is C24H31Cl2N5O. The van der Waals surface area contributed by atoms with Gasteiger partial charge in [0, 0.05) is 69.8 Å². The third-order valence-electron chi connectivity index (χ3n) is 6.36. The Labute approximate surface area is 200 Å². The molecule has 2 aliphatic heterocycles. The number of amides is 2. The van der Waals surface area contributed by atoms with Crippen molar-refractivity contribution in [1.82, 2.24) is 19.7 Å². The Kier molecular flexibility index (Phi) is 8.25. The van der Waals surface area contributed by atoms with Crippen LogP contribution >= 0.6 is 23.2 Å². The monoisotopic (exact) mass is 475 g/mol. The van der Waals surface area contributed by atoms with Gasteiger partial charge in [-0.05, 0) is 55.6 Å². The van der Waals surface area contributed by atoms with Crippen LogP contribution in [0.15, 0.2) is 42.6 Å². The molecule has 2 fully saturated rings. The third-order valence-corrected chi connectivity index (χ3v) is 7.10. The smallest absolute Gasteiger partial charge is 0.321 e. The maximum atomic E-state index is 12.6. The number of piperazine rings is 1. The number of nitrogens with one attached hydrogen (secondary N) is 1. The lowest BCUT2D eigenvalue weighted by Crippen LogP contribution is -2.52. The molecule has 3 heterocycles. The van der Waals surface area contributed by atoms with Gasteiger partial charge in [-0.25, -0.2) is 4.79 Å². The van der Waals surface area contributed by atoms with Gasteiger partial charge in [0.2, 0.25) is 0 Å². The molecule has 32 heavy (non-hydrogen) atoms. The van der Waals surface area contributed by atoms with E-state index in [0.717, 1.165) is 52.2 Å². The van der Waals surface area contributed by atoms with Crippen molar-refractivity contribution in [2.75, 3.05) is 57.7 Å². The fourth-order valence-electron chi connectivity index (χ4n) is 4.60. The average Bonchev–Trinajstić information content (AvgIpc) is 2.81. The Bertz CT molecular complexity index is 889. The number of rotatable bonds is 6. The Morgan fingerprint density at radius 2 is 1.88 bits per heavy atom. The van der Waals surface area contributed by atoms with Crippen LogP contribution in [-0.2, 0) is 6.42 Å². The zero-order chi connectivity index (χ0) is 22.3. The first kappa shape index (κ1) is 23.3. The summed E-state index contributed by atoms with van der Waals surface area (Å²) >= 11 is 12.0. The second-order valence-corrected chi connectivity index (χ2v) is 9.54. The first-order chi connectivity index (χ1) is 15.6. The van der Waals surface area contributed by atoms with Crippen LogP contribution in [0, 0.1) is 5.92 Å². The largest absolute Gasteiger partial charge is 0.322 e. The first-order valence-corrected chi connectivity index (χ1v) is 12.2. The van der Waals surface area contributed by atoms with E-state index in [9.17, 15) is 4.79 Å². The molecule has 2 amide bonds. The van der Waals surface area contributed by atoms with E-state index in [1.807, 2.05) is 17.2 Å². The summed E-state index contributed by atoms with van der Waals surface area (Å²) in [6, 6.07) is 11.2.